The monoisotopic (exact) mass is 458 g/mol. The average molecular weight is 459 g/mol. The van der Waals surface area contributed by atoms with Crippen LogP contribution >= 0.6 is 15.9 Å². The van der Waals surface area contributed by atoms with Crippen LogP contribution in [0.3, 0.4) is 0 Å². The number of carbonyl (C=O) groups is 1. The molecule has 3 aromatic carbocycles. The maximum atomic E-state index is 12.8. The summed E-state index contributed by atoms with van der Waals surface area (Å²) in [6.45, 7) is 0. The highest BCUT2D eigenvalue weighted by atomic mass is 79.9. The van der Waals surface area contributed by atoms with E-state index in [2.05, 4.69) is 26.0 Å². The maximum absolute atomic E-state index is 12.8. The van der Waals surface area contributed by atoms with Crippen molar-refractivity contribution in [3.05, 3.63) is 95.0 Å². The van der Waals surface area contributed by atoms with E-state index < -0.39 is 16.1 Å². The Bertz CT molecular complexity index is 1020. The molecule has 3 aromatic rings. The summed E-state index contributed by atoms with van der Waals surface area (Å²) in [6, 6.07) is 23.8. The van der Waals surface area contributed by atoms with Crippen molar-refractivity contribution < 1.29 is 13.2 Å². The van der Waals surface area contributed by atoms with E-state index in [-0.39, 0.29) is 17.2 Å². The fourth-order valence-corrected chi connectivity index (χ4v) is 4.19. The Morgan fingerprint density at radius 1 is 0.857 bits per heavy atom. The first kappa shape index (κ1) is 20.3. The first-order chi connectivity index (χ1) is 13.4. The molecule has 144 valence electrons. The summed E-state index contributed by atoms with van der Waals surface area (Å²) < 4.78 is 29.1. The summed E-state index contributed by atoms with van der Waals surface area (Å²) >= 11 is 3.30. The van der Waals surface area contributed by atoms with Crippen LogP contribution in [0.25, 0.3) is 0 Å². The fraction of sp³-hybridized carbons (Fsp3) is 0.0952. The zero-order valence-electron chi connectivity index (χ0n) is 14.9. The zero-order valence-corrected chi connectivity index (χ0v) is 17.3. The predicted molar refractivity (Wildman–Crippen MR) is 113 cm³/mol. The molecular weight excluding hydrogens is 440 g/mol. The molecule has 0 aliphatic rings. The van der Waals surface area contributed by atoms with Gasteiger partial charge in [0.25, 0.3) is 0 Å². The largest absolute Gasteiger partial charge is 0.326 e. The Hall–Kier alpha value is -2.48. The van der Waals surface area contributed by atoms with E-state index in [1.807, 2.05) is 36.4 Å². The lowest BCUT2D eigenvalue weighted by Gasteiger charge is -2.19. The number of amides is 1. The summed E-state index contributed by atoms with van der Waals surface area (Å²) in [5.41, 5.74) is 1.38. The molecule has 0 heterocycles. The summed E-state index contributed by atoms with van der Waals surface area (Å²) in [5.74, 6) is -0.279. The Morgan fingerprint density at radius 2 is 1.43 bits per heavy atom. The van der Waals surface area contributed by atoms with Gasteiger partial charge < -0.3 is 5.32 Å². The molecule has 0 aromatic heterocycles. The van der Waals surface area contributed by atoms with Gasteiger partial charge in [0.05, 0.1) is 10.9 Å². The maximum Gasteiger partial charge on any atom is 0.241 e. The van der Waals surface area contributed by atoms with E-state index in [4.69, 9.17) is 0 Å². The number of nitrogens with one attached hydrogen (secondary N) is 2. The first-order valence-corrected chi connectivity index (χ1v) is 10.9. The predicted octanol–water partition coefficient (Wildman–Crippen LogP) is 4.50. The minimum absolute atomic E-state index is 0.0331. The Kier molecular flexibility index (Phi) is 6.61. The molecule has 0 fully saturated rings. The summed E-state index contributed by atoms with van der Waals surface area (Å²) in [7, 11) is -3.79. The molecule has 3 rings (SSSR count). The van der Waals surface area contributed by atoms with Gasteiger partial charge in [0.1, 0.15) is 0 Å². The minimum atomic E-state index is -3.79. The summed E-state index contributed by atoms with van der Waals surface area (Å²) in [5, 5.41) is 2.80. The highest BCUT2D eigenvalue weighted by Crippen LogP contribution is 2.22. The van der Waals surface area contributed by atoms with Crippen molar-refractivity contribution in [1.82, 2.24) is 4.72 Å². The quantitative estimate of drug-likeness (QED) is 0.547. The third kappa shape index (κ3) is 5.51. The molecule has 0 aliphatic heterocycles. The molecule has 0 spiro atoms. The molecule has 0 saturated heterocycles. The highest BCUT2D eigenvalue weighted by Gasteiger charge is 2.23. The Morgan fingerprint density at radius 3 is 2.04 bits per heavy atom. The highest BCUT2D eigenvalue weighted by molar-refractivity contribution is 9.10. The molecular formula is C21H19BrN2O3S. The molecule has 7 heteroatoms. The van der Waals surface area contributed by atoms with Crippen LogP contribution < -0.4 is 10.0 Å². The van der Waals surface area contributed by atoms with Gasteiger partial charge in [-0.25, -0.2) is 13.1 Å². The van der Waals surface area contributed by atoms with Gasteiger partial charge in [-0.15, -0.1) is 0 Å². The van der Waals surface area contributed by atoms with Gasteiger partial charge >= 0.3 is 0 Å². The van der Waals surface area contributed by atoms with Crippen LogP contribution in [0.5, 0.6) is 0 Å². The number of sulfonamides is 1. The van der Waals surface area contributed by atoms with Crippen molar-refractivity contribution in [2.75, 3.05) is 5.32 Å². The van der Waals surface area contributed by atoms with Crippen LogP contribution in [0, 0.1) is 0 Å². The Balaban J connectivity index is 1.81. The fourth-order valence-electron chi connectivity index (χ4n) is 2.70. The van der Waals surface area contributed by atoms with E-state index in [1.165, 1.54) is 12.1 Å². The second kappa shape index (κ2) is 9.14. The molecule has 28 heavy (non-hydrogen) atoms. The zero-order chi connectivity index (χ0) is 20.0. The van der Waals surface area contributed by atoms with Gasteiger partial charge in [0.15, 0.2) is 0 Å². The van der Waals surface area contributed by atoms with E-state index in [1.54, 1.807) is 36.4 Å². The number of para-hydroxylation sites is 1. The molecule has 0 bridgehead atoms. The van der Waals surface area contributed by atoms with Crippen LogP contribution in [0.15, 0.2) is 94.3 Å². The SMILES string of the molecule is O=C(CC(NS(=O)(=O)c1ccc(Br)cc1)c1ccccc1)Nc1ccccc1. The molecule has 1 unspecified atom stereocenters. The van der Waals surface area contributed by atoms with Crippen molar-refractivity contribution in [3.8, 4) is 0 Å². The first-order valence-electron chi connectivity index (χ1n) is 8.62. The number of hydrogen-bond acceptors (Lipinski definition) is 3. The molecule has 1 amide bonds. The molecule has 0 aliphatic carbocycles. The van der Waals surface area contributed by atoms with Crippen molar-refractivity contribution in [2.24, 2.45) is 0 Å². The summed E-state index contributed by atoms with van der Waals surface area (Å²) in [6.07, 6.45) is -0.0331. The number of hydrogen-bond donors (Lipinski definition) is 2. The number of rotatable bonds is 7. The van der Waals surface area contributed by atoms with E-state index in [0.29, 0.717) is 11.3 Å². The van der Waals surface area contributed by atoms with Crippen LogP contribution in [-0.4, -0.2) is 14.3 Å². The molecule has 2 N–H and O–H groups in total. The van der Waals surface area contributed by atoms with Gasteiger partial charge in [-0.2, -0.15) is 0 Å². The standard InChI is InChI=1S/C21H19BrN2O3S/c22-17-11-13-19(14-12-17)28(26,27)24-20(16-7-3-1-4-8-16)15-21(25)23-18-9-5-2-6-10-18/h1-14,20,24H,15H2,(H,23,25). The average Bonchev–Trinajstić information content (AvgIpc) is 2.69. The number of carbonyl (C=O) groups excluding carboxylic acids is 1. The second-order valence-electron chi connectivity index (χ2n) is 6.16. The normalized spacial score (nSPS) is 12.3. The number of halogens is 1. The van der Waals surface area contributed by atoms with Crippen molar-refractivity contribution in [2.45, 2.75) is 17.4 Å². The number of anilines is 1. The van der Waals surface area contributed by atoms with Crippen molar-refractivity contribution in [3.63, 3.8) is 0 Å². The lowest BCUT2D eigenvalue weighted by atomic mass is 10.0. The van der Waals surface area contributed by atoms with Gasteiger partial charge in [0.2, 0.25) is 15.9 Å². The lowest BCUT2D eigenvalue weighted by molar-refractivity contribution is -0.116. The number of benzene rings is 3. The summed E-state index contributed by atoms with van der Waals surface area (Å²) in [4.78, 5) is 12.7. The smallest absolute Gasteiger partial charge is 0.241 e. The van der Waals surface area contributed by atoms with Gasteiger partial charge in [-0.05, 0) is 42.0 Å². The topological polar surface area (TPSA) is 75.3 Å². The van der Waals surface area contributed by atoms with Crippen LogP contribution in [0.1, 0.15) is 18.0 Å². The van der Waals surface area contributed by atoms with Gasteiger partial charge in [-0.1, -0.05) is 64.5 Å². The van der Waals surface area contributed by atoms with Gasteiger partial charge in [-0.3, -0.25) is 4.79 Å². The lowest BCUT2D eigenvalue weighted by Crippen LogP contribution is -2.31. The minimum Gasteiger partial charge on any atom is -0.326 e. The van der Waals surface area contributed by atoms with Crippen molar-refractivity contribution >= 4 is 37.5 Å². The second-order valence-corrected chi connectivity index (χ2v) is 8.79. The molecule has 5 nitrogen and oxygen atoms in total. The molecule has 0 saturated carbocycles. The third-order valence-corrected chi connectivity index (χ3v) is 6.09. The van der Waals surface area contributed by atoms with Crippen LogP contribution in [0.2, 0.25) is 0 Å². The third-order valence-electron chi connectivity index (χ3n) is 4.07. The molecule has 1 atom stereocenters. The molecule has 0 radical (unpaired) electrons. The van der Waals surface area contributed by atoms with E-state index in [0.717, 1.165) is 4.47 Å². The Labute approximate surface area is 173 Å². The van der Waals surface area contributed by atoms with Gasteiger partial charge in [0, 0.05) is 16.6 Å². The van der Waals surface area contributed by atoms with E-state index >= 15 is 0 Å². The van der Waals surface area contributed by atoms with E-state index in [9.17, 15) is 13.2 Å². The van der Waals surface area contributed by atoms with Crippen molar-refractivity contribution in [1.29, 1.82) is 0 Å². The van der Waals surface area contributed by atoms with Crippen LogP contribution in [-0.2, 0) is 14.8 Å². The van der Waals surface area contributed by atoms with Crippen LogP contribution in [0.4, 0.5) is 5.69 Å².